The maximum Gasteiger partial charge on any atom is 0.387 e. The van der Waals surface area contributed by atoms with Crippen molar-refractivity contribution in [1.82, 2.24) is 15.2 Å². The van der Waals surface area contributed by atoms with Gasteiger partial charge in [0.05, 0.1) is 11.7 Å². The Morgan fingerprint density at radius 3 is 2.80 bits per heavy atom. The predicted molar refractivity (Wildman–Crippen MR) is 70.1 cm³/mol. The molecule has 20 heavy (non-hydrogen) atoms. The first-order chi connectivity index (χ1) is 9.58. The number of hydrogen-bond donors (Lipinski definition) is 2. The number of ether oxygens (including phenoxy) is 1. The largest absolute Gasteiger partial charge is 0.435 e. The number of rotatable bonds is 6. The molecule has 0 amide bonds. The van der Waals surface area contributed by atoms with E-state index in [-0.39, 0.29) is 11.8 Å². The molecule has 0 saturated heterocycles. The zero-order valence-electron chi connectivity index (χ0n) is 11.0. The lowest BCUT2D eigenvalue weighted by Gasteiger charge is -2.16. The summed E-state index contributed by atoms with van der Waals surface area (Å²) in [6.07, 6.45) is 2.38. The maximum atomic E-state index is 12.2. The number of aryl methyl sites for hydroxylation is 1. The van der Waals surface area contributed by atoms with E-state index in [9.17, 15) is 8.78 Å². The van der Waals surface area contributed by atoms with E-state index in [0.29, 0.717) is 6.42 Å². The molecular formula is C13H16F2N4O. The van der Waals surface area contributed by atoms with Crippen LogP contribution in [0, 0.1) is 0 Å². The van der Waals surface area contributed by atoms with Gasteiger partial charge >= 0.3 is 6.61 Å². The van der Waals surface area contributed by atoms with Gasteiger partial charge in [0.1, 0.15) is 5.75 Å². The fourth-order valence-electron chi connectivity index (χ4n) is 1.96. The molecule has 108 valence electrons. The summed E-state index contributed by atoms with van der Waals surface area (Å²) in [5.74, 6) is 5.65. The molecule has 0 saturated carbocycles. The molecule has 1 heterocycles. The average molecular weight is 282 g/mol. The zero-order chi connectivity index (χ0) is 14.5. The lowest BCUT2D eigenvalue weighted by atomic mass is 10.0. The van der Waals surface area contributed by atoms with Crippen molar-refractivity contribution >= 4 is 0 Å². The number of hydrogen-bond acceptors (Lipinski definition) is 4. The quantitative estimate of drug-likeness (QED) is 0.626. The molecule has 1 atom stereocenters. The van der Waals surface area contributed by atoms with Gasteiger partial charge in [0.2, 0.25) is 0 Å². The third-order valence-corrected chi connectivity index (χ3v) is 2.87. The summed E-state index contributed by atoms with van der Waals surface area (Å²) < 4.78 is 30.5. The van der Waals surface area contributed by atoms with Crippen LogP contribution in [0.4, 0.5) is 8.78 Å². The highest BCUT2D eigenvalue weighted by Crippen LogP contribution is 2.22. The Hall–Kier alpha value is -1.99. The van der Waals surface area contributed by atoms with E-state index >= 15 is 0 Å². The number of aromatic nitrogens is 2. The average Bonchev–Trinajstić information content (AvgIpc) is 2.81. The fourth-order valence-corrected chi connectivity index (χ4v) is 1.96. The summed E-state index contributed by atoms with van der Waals surface area (Å²) in [6.45, 7) is -2.84. The molecule has 3 N–H and O–H groups in total. The van der Waals surface area contributed by atoms with Crippen molar-refractivity contribution in [3.8, 4) is 5.75 Å². The van der Waals surface area contributed by atoms with Gasteiger partial charge in [0, 0.05) is 19.7 Å². The highest BCUT2D eigenvalue weighted by molar-refractivity contribution is 5.31. The van der Waals surface area contributed by atoms with E-state index in [4.69, 9.17) is 5.84 Å². The molecule has 1 aromatic carbocycles. The Bertz CT molecular complexity index is 559. The molecule has 0 aliphatic carbocycles. The molecule has 0 radical (unpaired) electrons. The van der Waals surface area contributed by atoms with Crippen molar-refractivity contribution in [2.24, 2.45) is 12.9 Å². The molecule has 0 aliphatic rings. The maximum absolute atomic E-state index is 12.2. The van der Waals surface area contributed by atoms with Crippen LogP contribution in [0.5, 0.6) is 5.75 Å². The van der Waals surface area contributed by atoms with Crippen LogP contribution >= 0.6 is 0 Å². The van der Waals surface area contributed by atoms with E-state index < -0.39 is 6.61 Å². The smallest absolute Gasteiger partial charge is 0.387 e. The van der Waals surface area contributed by atoms with Gasteiger partial charge in [-0.05, 0) is 23.8 Å². The highest BCUT2D eigenvalue weighted by atomic mass is 19.3. The van der Waals surface area contributed by atoms with Gasteiger partial charge in [0.15, 0.2) is 0 Å². The van der Waals surface area contributed by atoms with Gasteiger partial charge in [-0.1, -0.05) is 12.1 Å². The number of hydrazine groups is 1. The van der Waals surface area contributed by atoms with Crippen molar-refractivity contribution < 1.29 is 13.5 Å². The minimum absolute atomic E-state index is 0.110. The Morgan fingerprint density at radius 2 is 2.20 bits per heavy atom. The van der Waals surface area contributed by atoms with Gasteiger partial charge in [-0.3, -0.25) is 16.0 Å². The number of nitrogens with one attached hydrogen (secondary N) is 1. The molecule has 2 rings (SSSR count). The van der Waals surface area contributed by atoms with Gasteiger partial charge < -0.3 is 4.74 Å². The zero-order valence-corrected chi connectivity index (χ0v) is 11.0. The van der Waals surface area contributed by atoms with Crippen LogP contribution in [0.25, 0.3) is 0 Å². The van der Waals surface area contributed by atoms with Crippen LogP contribution in [0.15, 0.2) is 36.5 Å². The summed E-state index contributed by atoms with van der Waals surface area (Å²) in [7, 11) is 1.82. The van der Waals surface area contributed by atoms with Gasteiger partial charge in [-0.25, -0.2) is 0 Å². The van der Waals surface area contributed by atoms with Crippen LogP contribution in [0.3, 0.4) is 0 Å². The summed E-state index contributed by atoms with van der Waals surface area (Å²) in [6, 6.07) is 8.11. The van der Waals surface area contributed by atoms with E-state index in [1.807, 2.05) is 19.3 Å². The fraction of sp³-hybridized carbons (Fsp3) is 0.308. The second-order valence-electron chi connectivity index (χ2n) is 4.36. The third kappa shape index (κ3) is 3.75. The molecule has 2 aromatic rings. The molecule has 0 aliphatic heterocycles. The number of nitrogens with zero attached hydrogens (tertiary/aromatic N) is 2. The van der Waals surface area contributed by atoms with Crippen LogP contribution in [-0.4, -0.2) is 16.4 Å². The standard InChI is InChI=1S/C13H16F2N4O/c1-19-6-5-10(18-19)8-12(17-16)9-3-2-4-11(7-9)20-13(14)15/h2-7,12-13,17H,8,16H2,1H3. The van der Waals surface area contributed by atoms with E-state index in [2.05, 4.69) is 15.3 Å². The molecule has 1 unspecified atom stereocenters. The molecule has 5 nitrogen and oxygen atoms in total. The predicted octanol–water partition coefficient (Wildman–Crippen LogP) is 1.77. The van der Waals surface area contributed by atoms with Crippen LogP contribution in [0.2, 0.25) is 0 Å². The van der Waals surface area contributed by atoms with Crippen molar-refractivity contribution in [2.45, 2.75) is 19.1 Å². The lowest BCUT2D eigenvalue weighted by molar-refractivity contribution is -0.0499. The van der Waals surface area contributed by atoms with Gasteiger partial charge in [0.25, 0.3) is 0 Å². The SMILES string of the molecule is Cn1ccc(CC(NN)c2cccc(OC(F)F)c2)n1. The lowest BCUT2D eigenvalue weighted by Crippen LogP contribution is -2.29. The van der Waals surface area contributed by atoms with Crippen molar-refractivity contribution in [1.29, 1.82) is 0 Å². The Labute approximate surface area is 115 Å². The first-order valence-electron chi connectivity index (χ1n) is 6.08. The molecular weight excluding hydrogens is 266 g/mol. The minimum atomic E-state index is -2.84. The minimum Gasteiger partial charge on any atom is -0.435 e. The molecule has 0 spiro atoms. The second kappa shape index (κ2) is 6.44. The summed E-state index contributed by atoms with van der Waals surface area (Å²) in [4.78, 5) is 0. The first-order valence-corrected chi connectivity index (χ1v) is 6.08. The van der Waals surface area contributed by atoms with Crippen molar-refractivity contribution in [2.75, 3.05) is 0 Å². The molecule has 0 bridgehead atoms. The number of nitrogens with two attached hydrogens (primary N) is 1. The second-order valence-corrected chi connectivity index (χ2v) is 4.36. The number of alkyl halides is 2. The highest BCUT2D eigenvalue weighted by Gasteiger charge is 2.14. The monoisotopic (exact) mass is 282 g/mol. The Balaban J connectivity index is 2.14. The molecule has 7 heteroatoms. The molecule has 0 fully saturated rings. The van der Waals surface area contributed by atoms with E-state index in [1.54, 1.807) is 22.9 Å². The summed E-state index contributed by atoms with van der Waals surface area (Å²) in [5.41, 5.74) is 4.28. The molecule has 1 aromatic heterocycles. The number of halogens is 2. The topological polar surface area (TPSA) is 65.1 Å². The normalized spacial score (nSPS) is 12.7. The summed E-state index contributed by atoms with van der Waals surface area (Å²) in [5, 5.41) is 4.26. The summed E-state index contributed by atoms with van der Waals surface area (Å²) >= 11 is 0. The van der Waals surface area contributed by atoms with E-state index in [0.717, 1.165) is 11.3 Å². The van der Waals surface area contributed by atoms with Crippen LogP contribution in [-0.2, 0) is 13.5 Å². The third-order valence-electron chi connectivity index (χ3n) is 2.87. The van der Waals surface area contributed by atoms with Crippen molar-refractivity contribution in [3.63, 3.8) is 0 Å². The first kappa shape index (κ1) is 14.4. The van der Waals surface area contributed by atoms with Gasteiger partial charge in [-0.15, -0.1) is 0 Å². The number of benzene rings is 1. The van der Waals surface area contributed by atoms with Crippen LogP contribution in [0.1, 0.15) is 17.3 Å². The van der Waals surface area contributed by atoms with Crippen molar-refractivity contribution in [3.05, 3.63) is 47.8 Å². The van der Waals surface area contributed by atoms with E-state index in [1.165, 1.54) is 6.07 Å². The van der Waals surface area contributed by atoms with Gasteiger partial charge in [-0.2, -0.15) is 13.9 Å². The Kier molecular flexibility index (Phi) is 4.65. The Morgan fingerprint density at radius 1 is 1.40 bits per heavy atom. The van der Waals surface area contributed by atoms with Crippen LogP contribution < -0.4 is 16.0 Å².